The Labute approximate surface area is 147 Å². The zero-order valence-corrected chi connectivity index (χ0v) is 14.3. The molecule has 0 radical (unpaired) electrons. The number of para-hydroxylation sites is 1. The Bertz CT molecular complexity index is 750. The summed E-state index contributed by atoms with van der Waals surface area (Å²) in [4.78, 5) is 13.1. The summed E-state index contributed by atoms with van der Waals surface area (Å²) in [6, 6.07) is 15.3. The summed E-state index contributed by atoms with van der Waals surface area (Å²) >= 11 is 0. The van der Waals surface area contributed by atoms with E-state index in [1.54, 1.807) is 24.4 Å². The second-order valence-corrected chi connectivity index (χ2v) is 6.28. The lowest BCUT2D eigenvalue weighted by molar-refractivity contribution is -0.385. The first-order chi connectivity index (χ1) is 12.1. The standard InChI is InChI=1S/C19H22N4O2/c1-16-6-8-17(9-7-16)15-21-10-12-22(13-11-21)20-14-18-4-2-3-5-19(18)23(24)25/h2-9,14H,10-13,15H2,1H3/b20-14+. The summed E-state index contributed by atoms with van der Waals surface area (Å²) in [5.74, 6) is 0. The number of hydrogen-bond acceptors (Lipinski definition) is 5. The third kappa shape index (κ3) is 4.64. The van der Waals surface area contributed by atoms with Crippen molar-refractivity contribution in [1.82, 2.24) is 9.91 Å². The summed E-state index contributed by atoms with van der Waals surface area (Å²) in [6.45, 7) is 6.55. The normalized spacial score (nSPS) is 15.6. The molecular weight excluding hydrogens is 316 g/mol. The SMILES string of the molecule is Cc1ccc(CN2CCN(/N=C/c3ccccc3[N+](=O)[O-])CC2)cc1. The number of hydrogen-bond donors (Lipinski definition) is 0. The molecule has 0 amide bonds. The van der Waals surface area contributed by atoms with Crippen LogP contribution in [0.15, 0.2) is 53.6 Å². The van der Waals surface area contributed by atoms with Crippen molar-refractivity contribution in [3.05, 3.63) is 75.3 Å². The molecule has 25 heavy (non-hydrogen) atoms. The van der Waals surface area contributed by atoms with Crippen molar-refractivity contribution in [1.29, 1.82) is 0 Å². The summed E-state index contributed by atoms with van der Waals surface area (Å²) in [6.07, 6.45) is 1.59. The average molecular weight is 338 g/mol. The van der Waals surface area contributed by atoms with Crippen LogP contribution in [0.25, 0.3) is 0 Å². The first-order valence-corrected chi connectivity index (χ1v) is 8.42. The van der Waals surface area contributed by atoms with Crippen LogP contribution in [0.5, 0.6) is 0 Å². The van der Waals surface area contributed by atoms with Crippen LogP contribution < -0.4 is 0 Å². The van der Waals surface area contributed by atoms with Crippen molar-refractivity contribution in [2.75, 3.05) is 26.2 Å². The van der Waals surface area contributed by atoms with Crippen LogP contribution in [0, 0.1) is 17.0 Å². The molecule has 0 N–H and O–H groups in total. The summed E-state index contributed by atoms with van der Waals surface area (Å²) < 4.78 is 0. The molecule has 2 aromatic carbocycles. The molecule has 0 unspecified atom stereocenters. The molecular formula is C19H22N4O2. The van der Waals surface area contributed by atoms with Gasteiger partial charge in [-0.2, -0.15) is 5.10 Å². The number of nitrogens with zero attached hydrogens (tertiary/aromatic N) is 4. The number of nitro groups is 1. The fraction of sp³-hybridized carbons (Fsp3) is 0.316. The topological polar surface area (TPSA) is 62.0 Å². The summed E-state index contributed by atoms with van der Waals surface area (Å²) in [5.41, 5.74) is 3.22. The lowest BCUT2D eigenvalue weighted by atomic mass is 10.1. The van der Waals surface area contributed by atoms with Crippen LogP contribution >= 0.6 is 0 Å². The highest BCUT2D eigenvalue weighted by Crippen LogP contribution is 2.16. The molecule has 1 aliphatic heterocycles. The summed E-state index contributed by atoms with van der Waals surface area (Å²) in [7, 11) is 0. The van der Waals surface area contributed by atoms with E-state index in [1.165, 1.54) is 17.2 Å². The molecule has 130 valence electrons. The number of aryl methyl sites for hydroxylation is 1. The van der Waals surface area contributed by atoms with Crippen molar-refractivity contribution < 1.29 is 4.92 Å². The smallest absolute Gasteiger partial charge is 0.278 e. The molecule has 0 aliphatic carbocycles. The van der Waals surface area contributed by atoms with Gasteiger partial charge in [0, 0.05) is 38.8 Å². The Kier molecular flexibility index (Phi) is 5.40. The van der Waals surface area contributed by atoms with E-state index in [0.29, 0.717) is 5.56 Å². The predicted molar refractivity (Wildman–Crippen MR) is 98.7 cm³/mol. The van der Waals surface area contributed by atoms with Crippen molar-refractivity contribution in [3.8, 4) is 0 Å². The van der Waals surface area contributed by atoms with E-state index in [0.717, 1.165) is 32.7 Å². The summed E-state index contributed by atoms with van der Waals surface area (Å²) in [5, 5.41) is 17.4. The maximum atomic E-state index is 11.0. The molecule has 1 heterocycles. The zero-order valence-electron chi connectivity index (χ0n) is 14.3. The van der Waals surface area contributed by atoms with Crippen LogP contribution in [-0.4, -0.2) is 47.2 Å². The third-order valence-corrected chi connectivity index (χ3v) is 4.37. The molecule has 1 saturated heterocycles. The molecule has 3 rings (SSSR count). The Hall–Kier alpha value is -2.73. The Balaban J connectivity index is 1.54. The number of rotatable bonds is 5. The van der Waals surface area contributed by atoms with Gasteiger partial charge in [0.05, 0.1) is 16.7 Å². The fourth-order valence-electron chi connectivity index (χ4n) is 2.87. The minimum atomic E-state index is -0.374. The van der Waals surface area contributed by atoms with Gasteiger partial charge < -0.3 is 0 Å². The van der Waals surface area contributed by atoms with E-state index in [2.05, 4.69) is 41.2 Å². The maximum Gasteiger partial charge on any atom is 0.278 e. The van der Waals surface area contributed by atoms with Gasteiger partial charge in [0.15, 0.2) is 0 Å². The van der Waals surface area contributed by atoms with E-state index in [9.17, 15) is 10.1 Å². The molecule has 0 aromatic heterocycles. The molecule has 0 saturated carbocycles. The first kappa shape index (κ1) is 17.1. The fourth-order valence-corrected chi connectivity index (χ4v) is 2.87. The van der Waals surface area contributed by atoms with Gasteiger partial charge in [0.25, 0.3) is 5.69 Å². The van der Waals surface area contributed by atoms with Crippen LogP contribution in [0.1, 0.15) is 16.7 Å². The zero-order chi connectivity index (χ0) is 17.6. The minimum Gasteiger partial charge on any atom is -0.295 e. The van der Waals surface area contributed by atoms with E-state index < -0.39 is 0 Å². The van der Waals surface area contributed by atoms with Gasteiger partial charge in [-0.3, -0.25) is 20.0 Å². The van der Waals surface area contributed by atoms with E-state index >= 15 is 0 Å². The van der Waals surface area contributed by atoms with Crippen LogP contribution in [0.4, 0.5) is 5.69 Å². The molecule has 1 aliphatic rings. The van der Waals surface area contributed by atoms with E-state index in [4.69, 9.17) is 0 Å². The monoisotopic (exact) mass is 338 g/mol. The van der Waals surface area contributed by atoms with E-state index in [-0.39, 0.29) is 10.6 Å². The van der Waals surface area contributed by atoms with Gasteiger partial charge in [-0.1, -0.05) is 42.0 Å². The largest absolute Gasteiger partial charge is 0.295 e. The van der Waals surface area contributed by atoms with Crippen molar-refractivity contribution in [2.45, 2.75) is 13.5 Å². The van der Waals surface area contributed by atoms with Gasteiger partial charge in [-0.25, -0.2) is 0 Å². The third-order valence-electron chi connectivity index (χ3n) is 4.37. The lowest BCUT2D eigenvalue weighted by Crippen LogP contribution is -2.43. The molecule has 0 spiro atoms. The Morgan fingerprint density at radius 1 is 1.08 bits per heavy atom. The Morgan fingerprint density at radius 2 is 1.76 bits per heavy atom. The number of piperazine rings is 1. The average Bonchev–Trinajstić information content (AvgIpc) is 2.63. The van der Waals surface area contributed by atoms with Crippen LogP contribution in [0.3, 0.4) is 0 Å². The molecule has 6 heteroatoms. The minimum absolute atomic E-state index is 0.0873. The molecule has 1 fully saturated rings. The molecule has 0 bridgehead atoms. The van der Waals surface area contributed by atoms with Crippen LogP contribution in [0.2, 0.25) is 0 Å². The second-order valence-electron chi connectivity index (χ2n) is 6.28. The van der Waals surface area contributed by atoms with Crippen LogP contribution in [-0.2, 0) is 6.54 Å². The predicted octanol–water partition coefficient (Wildman–Crippen LogP) is 3.05. The van der Waals surface area contributed by atoms with Crippen molar-refractivity contribution in [2.24, 2.45) is 5.10 Å². The number of benzene rings is 2. The molecule has 6 nitrogen and oxygen atoms in total. The lowest BCUT2D eigenvalue weighted by Gasteiger charge is -2.33. The number of nitro benzene ring substituents is 1. The highest BCUT2D eigenvalue weighted by Gasteiger charge is 2.16. The number of hydrazone groups is 1. The molecule has 2 aromatic rings. The first-order valence-electron chi connectivity index (χ1n) is 8.42. The quantitative estimate of drug-likeness (QED) is 0.477. The van der Waals surface area contributed by atoms with Gasteiger partial charge >= 0.3 is 0 Å². The van der Waals surface area contributed by atoms with Gasteiger partial charge in [-0.05, 0) is 18.6 Å². The van der Waals surface area contributed by atoms with Crippen molar-refractivity contribution >= 4 is 11.9 Å². The maximum absolute atomic E-state index is 11.0. The second kappa shape index (κ2) is 7.90. The van der Waals surface area contributed by atoms with Gasteiger partial charge in [0.1, 0.15) is 0 Å². The highest BCUT2D eigenvalue weighted by molar-refractivity contribution is 5.84. The van der Waals surface area contributed by atoms with Crippen molar-refractivity contribution in [3.63, 3.8) is 0 Å². The highest BCUT2D eigenvalue weighted by atomic mass is 16.6. The van der Waals surface area contributed by atoms with Gasteiger partial charge in [-0.15, -0.1) is 0 Å². The van der Waals surface area contributed by atoms with Gasteiger partial charge in [0.2, 0.25) is 0 Å². The van der Waals surface area contributed by atoms with E-state index in [1.807, 2.05) is 5.01 Å². The Morgan fingerprint density at radius 3 is 2.44 bits per heavy atom. The molecule has 0 atom stereocenters.